The highest BCUT2D eigenvalue weighted by Gasteiger charge is 3.04. The van der Waals surface area contributed by atoms with Crippen LogP contribution in [0.5, 0.6) is 0 Å². The van der Waals surface area contributed by atoms with Crippen molar-refractivity contribution in [3.05, 3.63) is 77.4 Å². The van der Waals surface area contributed by atoms with Crippen LogP contribution in [0.2, 0.25) is 0 Å². The molecule has 0 N–H and O–H groups in total. The van der Waals surface area contributed by atoms with Gasteiger partial charge in [-0.2, -0.15) is 0 Å². The lowest BCUT2D eigenvalue weighted by Crippen LogP contribution is -2.56. The maximum absolute atomic E-state index is 14.3. The lowest BCUT2D eigenvalue weighted by Gasteiger charge is -2.48. The van der Waals surface area contributed by atoms with Gasteiger partial charge in [-0.1, -0.05) is 60.7 Å². The molecule has 0 spiro atoms. The summed E-state index contributed by atoms with van der Waals surface area (Å²) in [5, 5.41) is 0. The average molecular weight is 549 g/mol. The normalized spacial score (nSPS) is 31.1. The molecular weight excluding hydrogens is 520 g/mol. The summed E-state index contributed by atoms with van der Waals surface area (Å²) in [5.41, 5.74) is -5.16. The van der Waals surface area contributed by atoms with E-state index in [2.05, 4.69) is 0 Å². The molecule has 208 valence electrons. The fourth-order valence-corrected chi connectivity index (χ4v) is 7.95. The average Bonchev–Trinajstić information content (AvgIpc) is 3.56. The summed E-state index contributed by atoms with van der Waals surface area (Å²) in [6, 6.07) is 17.0. The van der Waals surface area contributed by atoms with Crippen LogP contribution in [0.1, 0.15) is 17.0 Å². The van der Waals surface area contributed by atoms with Gasteiger partial charge >= 0.3 is 29.8 Å². The van der Waals surface area contributed by atoms with Crippen molar-refractivity contribution in [3.8, 4) is 0 Å². The molecule has 10 nitrogen and oxygen atoms in total. The van der Waals surface area contributed by atoms with Gasteiger partial charge in [0.1, 0.15) is 16.2 Å². The number of ether oxygens (including phenoxy) is 5. The van der Waals surface area contributed by atoms with Crippen molar-refractivity contribution in [2.45, 2.75) is 5.92 Å². The smallest absolute Gasteiger partial charge is 0.335 e. The van der Waals surface area contributed by atoms with Crippen molar-refractivity contribution in [3.63, 3.8) is 0 Å². The topological polar surface area (TPSA) is 132 Å². The van der Waals surface area contributed by atoms with E-state index in [1.165, 1.54) is 0 Å². The minimum atomic E-state index is -2.24. The minimum absolute atomic E-state index is 0.182. The van der Waals surface area contributed by atoms with E-state index in [0.717, 1.165) is 35.5 Å². The Hall–Kier alpha value is -4.47. The van der Waals surface area contributed by atoms with Gasteiger partial charge in [-0.3, -0.25) is 19.2 Å². The zero-order chi connectivity index (χ0) is 29.0. The van der Waals surface area contributed by atoms with E-state index in [9.17, 15) is 24.0 Å². The zero-order valence-corrected chi connectivity index (χ0v) is 22.6. The number of rotatable bonds is 7. The highest BCUT2D eigenvalue weighted by atomic mass is 16.5. The van der Waals surface area contributed by atoms with Gasteiger partial charge in [-0.05, 0) is 16.7 Å². The van der Waals surface area contributed by atoms with Crippen LogP contribution < -0.4 is 0 Å². The Balaban J connectivity index is 2.10. The third kappa shape index (κ3) is 2.80. The molecule has 2 aromatic carbocycles. The summed E-state index contributed by atoms with van der Waals surface area (Å²) >= 11 is 0. The summed E-state index contributed by atoms with van der Waals surface area (Å²) in [4.78, 5) is 70.2. The molecule has 40 heavy (non-hydrogen) atoms. The highest BCUT2D eigenvalue weighted by molar-refractivity contribution is 6.19. The first kappa shape index (κ1) is 27.1. The first-order valence-electron chi connectivity index (χ1n) is 12.5. The summed E-state index contributed by atoms with van der Waals surface area (Å²) < 4.78 is 26.4. The van der Waals surface area contributed by atoms with E-state index in [0.29, 0.717) is 11.1 Å². The van der Waals surface area contributed by atoms with E-state index in [1.807, 2.05) is 0 Å². The predicted molar refractivity (Wildman–Crippen MR) is 137 cm³/mol. The van der Waals surface area contributed by atoms with Gasteiger partial charge in [0, 0.05) is 11.8 Å². The van der Waals surface area contributed by atoms with Crippen LogP contribution in [-0.2, 0) is 47.7 Å². The van der Waals surface area contributed by atoms with Gasteiger partial charge in [0.2, 0.25) is 0 Å². The molecule has 4 aliphatic carbocycles. The highest BCUT2D eigenvalue weighted by Crippen LogP contribution is 2.95. The molecule has 4 aliphatic rings. The fraction of sp³-hybridized carbons (Fsp3) is 0.367. The first-order chi connectivity index (χ1) is 19.2. The number of hydrogen-bond acceptors (Lipinski definition) is 10. The van der Waals surface area contributed by atoms with Crippen molar-refractivity contribution in [2.24, 2.45) is 28.1 Å². The lowest BCUT2D eigenvalue weighted by molar-refractivity contribution is -0.174. The third-order valence-corrected chi connectivity index (χ3v) is 8.92. The summed E-state index contributed by atoms with van der Waals surface area (Å²) in [5.74, 6) is -8.74. The Morgan fingerprint density at radius 2 is 1.12 bits per heavy atom. The van der Waals surface area contributed by atoms with Gasteiger partial charge in [-0.15, -0.1) is 0 Å². The van der Waals surface area contributed by atoms with E-state index in [1.54, 1.807) is 60.7 Å². The third-order valence-electron chi connectivity index (χ3n) is 8.92. The molecule has 0 saturated heterocycles. The Labute approximate surface area is 230 Å². The van der Waals surface area contributed by atoms with Gasteiger partial charge in [-0.25, -0.2) is 4.79 Å². The number of methoxy groups -OCH3 is 5. The molecule has 4 bridgehead atoms. The number of hydrogen-bond donors (Lipinski definition) is 0. The molecule has 6 rings (SSSR count). The quantitative estimate of drug-likeness (QED) is 0.375. The van der Waals surface area contributed by atoms with Crippen LogP contribution in [0.3, 0.4) is 0 Å². The van der Waals surface area contributed by atoms with Gasteiger partial charge in [0.25, 0.3) is 0 Å². The number of carbonyl (C=O) groups excluding carboxylic acids is 5. The van der Waals surface area contributed by atoms with Gasteiger partial charge < -0.3 is 23.7 Å². The second kappa shape index (κ2) is 9.32. The molecule has 10 heteroatoms. The predicted octanol–water partition coefficient (Wildman–Crippen LogP) is 2.32. The Kier molecular flexibility index (Phi) is 6.32. The number of carbonyl (C=O) groups is 5. The van der Waals surface area contributed by atoms with Crippen LogP contribution in [-0.4, -0.2) is 65.4 Å². The van der Waals surface area contributed by atoms with Crippen molar-refractivity contribution >= 4 is 35.4 Å². The Morgan fingerprint density at radius 1 is 0.600 bits per heavy atom. The second-order valence-corrected chi connectivity index (χ2v) is 9.96. The van der Waals surface area contributed by atoms with E-state index < -0.39 is 63.8 Å². The molecule has 6 unspecified atom stereocenters. The van der Waals surface area contributed by atoms with Crippen LogP contribution in [0.4, 0.5) is 0 Å². The summed E-state index contributed by atoms with van der Waals surface area (Å²) in [6.07, 6.45) is 0. The monoisotopic (exact) mass is 548 g/mol. The standard InChI is InChI=1S/C30H28O10/c1-36-23(31)19-18(16-12-8-6-9-13-16)21-29(26(34)39-4)20(17-14-10-7-11-15-17)28(19,25(33)38-3)22(24(32)37-2)30(21,29)27(35)40-5/h6-15,20-22H,1-5H3. The minimum Gasteiger partial charge on any atom is -0.469 e. The molecule has 0 aromatic heterocycles. The fourth-order valence-electron chi connectivity index (χ4n) is 7.95. The summed E-state index contributed by atoms with van der Waals surface area (Å²) in [6.45, 7) is 0. The molecule has 0 heterocycles. The lowest BCUT2D eigenvalue weighted by atomic mass is 9.52. The van der Waals surface area contributed by atoms with Gasteiger partial charge in [0.15, 0.2) is 0 Å². The number of allylic oxidation sites excluding steroid dienone is 1. The largest absolute Gasteiger partial charge is 0.469 e. The molecule has 6 atom stereocenters. The van der Waals surface area contributed by atoms with Crippen molar-refractivity contribution in [2.75, 3.05) is 35.5 Å². The summed E-state index contributed by atoms with van der Waals surface area (Å²) in [7, 11) is 5.65. The SMILES string of the molecule is COC(=O)C1=C(c2ccccc2)C2C3(C(=O)OC)C(C(=O)OC)C1(C(=O)OC)C(c1ccccc1)C23C(=O)OC. The van der Waals surface area contributed by atoms with Crippen molar-refractivity contribution in [1.29, 1.82) is 0 Å². The van der Waals surface area contributed by atoms with E-state index >= 15 is 0 Å². The molecule has 2 aromatic rings. The van der Waals surface area contributed by atoms with E-state index in [4.69, 9.17) is 23.7 Å². The van der Waals surface area contributed by atoms with Crippen molar-refractivity contribution < 1.29 is 47.7 Å². The maximum atomic E-state index is 14.3. The molecular formula is C30H28O10. The van der Waals surface area contributed by atoms with Gasteiger partial charge in [0.05, 0.1) is 47.0 Å². The molecule has 0 amide bonds. The van der Waals surface area contributed by atoms with Crippen LogP contribution >= 0.6 is 0 Å². The zero-order valence-electron chi connectivity index (χ0n) is 22.6. The Morgan fingerprint density at radius 3 is 1.62 bits per heavy atom. The van der Waals surface area contributed by atoms with Crippen LogP contribution in [0.25, 0.3) is 5.57 Å². The van der Waals surface area contributed by atoms with E-state index in [-0.39, 0.29) is 11.1 Å². The van der Waals surface area contributed by atoms with Crippen LogP contribution in [0.15, 0.2) is 66.2 Å². The Bertz CT molecular complexity index is 1450. The number of benzene rings is 2. The van der Waals surface area contributed by atoms with Crippen molar-refractivity contribution in [1.82, 2.24) is 0 Å². The number of esters is 5. The van der Waals surface area contributed by atoms with Crippen LogP contribution in [0, 0.1) is 28.1 Å². The molecule has 0 aliphatic heterocycles. The first-order valence-corrected chi connectivity index (χ1v) is 12.5. The molecule has 0 radical (unpaired) electrons. The molecule has 2 fully saturated rings. The maximum Gasteiger partial charge on any atom is 0.335 e. The second-order valence-electron chi connectivity index (χ2n) is 9.96. The molecule has 2 saturated carbocycles.